The molecule has 0 radical (unpaired) electrons. The van der Waals surface area contributed by atoms with Crippen molar-refractivity contribution in [2.45, 2.75) is 50.4 Å². The van der Waals surface area contributed by atoms with Crippen molar-refractivity contribution in [2.24, 2.45) is 5.41 Å². The third-order valence-electron chi connectivity index (χ3n) is 7.59. The number of ether oxygens (including phenoxy) is 1. The average molecular weight is 484 g/mol. The Kier molecular flexibility index (Phi) is 7.09. The fourth-order valence-corrected chi connectivity index (χ4v) is 5.17. The largest absolute Gasteiger partial charge is 0.467 e. The first kappa shape index (κ1) is 24.8. The van der Waals surface area contributed by atoms with Crippen LogP contribution in [0.1, 0.15) is 37.7 Å². The third kappa shape index (κ3) is 5.33. The number of carbonyl (C=O) groups is 2. The second-order valence-corrected chi connectivity index (χ2v) is 9.63. The second kappa shape index (κ2) is 9.73. The van der Waals surface area contributed by atoms with Crippen LogP contribution in [0.15, 0.2) is 24.3 Å². The van der Waals surface area contributed by atoms with Crippen LogP contribution < -0.4 is 4.90 Å². The molecular weight excluding hydrogens is 451 g/mol. The summed E-state index contributed by atoms with van der Waals surface area (Å²) in [4.78, 5) is 30.9. The molecule has 0 aromatic heterocycles. The number of methoxy groups -OCH3 is 1. The van der Waals surface area contributed by atoms with E-state index in [0.717, 1.165) is 37.9 Å². The van der Waals surface area contributed by atoms with Gasteiger partial charge in [-0.1, -0.05) is 6.07 Å². The molecule has 3 fully saturated rings. The van der Waals surface area contributed by atoms with E-state index in [0.29, 0.717) is 31.7 Å². The number of piperidine rings is 1. The van der Waals surface area contributed by atoms with Gasteiger partial charge < -0.3 is 24.5 Å². The molecule has 2 saturated heterocycles. The molecule has 4 rings (SSSR count). The van der Waals surface area contributed by atoms with Gasteiger partial charge in [-0.2, -0.15) is 13.2 Å². The lowest BCUT2D eigenvalue weighted by Gasteiger charge is -2.37. The first-order valence-electron chi connectivity index (χ1n) is 11.8. The van der Waals surface area contributed by atoms with Gasteiger partial charge in [0.25, 0.3) is 0 Å². The number of aliphatic hydroxyl groups excluding tert-OH is 1. The number of nitrogens with zero attached hydrogens (tertiary/aromatic N) is 3. The molecule has 2 atom stereocenters. The molecule has 1 aromatic carbocycles. The van der Waals surface area contributed by atoms with Crippen molar-refractivity contribution < 1.29 is 32.6 Å². The molecular formula is C24H32F3N3O4. The van der Waals surface area contributed by atoms with Crippen molar-refractivity contribution in [1.29, 1.82) is 0 Å². The normalized spacial score (nSPS) is 24.1. The number of likely N-dealkylation sites (tertiary alicyclic amines) is 1. The highest BCUT2D eigenvalue weighted by Crippen LogP contribution is 2.53. The Morgan fingerprint density at radius 2 is 1.97 bits per heavy atom. The molecule has 1 amide bonds. The number of halogens is 3. The molecule has 10 heteroatoms. The van der Waals surface area contributed by atoms with Crippen molar-refractivity contribution in [3.8, 4) is 0 Å². The number of amides is 1. The number of benzene rings is 1. The first-order valence-corrected chi connectivity index (χ1v) is 11.8. The van der Waals surface area contributed by atoms with Crippen LogP contribution in [0.25, 0.3) is 0 Å². The van der Waals surface area contributed by atoms with Crippen molar-refractivity contribution in [1.82, 2.24) is 9.80 Å². The van der Waals surface area contributed by atoms with E-state index in [4.69, 9.17) is 4.74 Å². The maximum atomic E-state index is 13.1. The molecule has 3 aliphatic rings. The lowest BCUT2D eigenvalue weighted by molar-refractivity contribution is -0.153. The molecule has 1 aliphatic carbocycles. The van der Waals surface area contributed by atoms with Gasteiger partial charge in [0.05, 0.1) is 18.8 Å². The van der Waals surface area contributed by atoms with Crippen molar-refractivity contribution in [2.75, 3.05) is 51.3 Å². The van der Waals surface area contributed by atoms with Gasteiger partial charge in [-0.05, 0) is 55.8 Å². The Morgan fingerprint density at radius 1 is 1.21 bits per heavy atom. The summed E-state index contributed by atoms with van der Waals surface area (Å²) in [5.41, 5.74) is -0.247. The first-order chi connectivity index (χ1) is 16.1. The van der Waals surface area contributed by atoms with Gasteiger partial charge in [0.1, 0.15) is 6.04 Å². The zero-order valence-corrected chi connectivity index (χ0v) is 19.4. The minimum absolute atomic E-state index is 0.0892. The minimum Gasteiger partial charge on any atom is -0.467 e. The van der Waals surface area contributed by atoms with Crippen molar-refractivity contribution in [3.05, 3.63) is 29.8 Å². The van der Waals surface area contributed by atoms with Crippen LogP contribution in [0.4, 0.5) is 18.9 Å². The van der Waals surface area contributed by atoms with E-state index in [9.17, 15) is 27.9 Å². The van der Waals surface area contributed by atoms with Crippen LogP contribution in [0.2, 0.25) is 0 Å². The SMILES string of the molecule is COC(=O)[C@H](CCN1CCC2(CC2)[C@H](O)C1)N1CCN(c2cccc(C(F)(F)F)c2)CCC1=O. The summed E-state index contributed by atoms with van der Waals surface area (Å²) >= 11 is 0. The average Bonchev–Trinajstić information content (AvgIpc) is 3.61. The van der Waals surface area contributed by atoms with Crippen LogP contribution in [0, 0.1) is 5.41 Å². The highest BCUT2D eigenvalue weighted by atomic mass is 19.4. The summed E-state index contributed by atoms with van der Waals surface area (Å²) in [5.74, 6) is -0.724. The summed E-state index contributed by atoms with van der Waals surface area (Å²) in [6.45, 7) is 2.75. The van der Waals surface area contributed by atoms with Crippen LogP contribution in [-0.2, 0) is 20.5 Å². The number of aliphatic hydroxyl groups is 1. The highest BCUT2D eigenvalue weighted by molar-refractivity contribution is 5.85. The molecule has 2 aliphatic heterocycles. The molecule has 1 aromatic rings. The lowest BCUT2D eigenvalue weighted by atomic mass is 9.90. The van der Waals surface area contributed by atoms with Crippen LogP contribution in [0.3, 0.4) is 0 Å². The standard InChI is InChI=1S/C24H32F3N3O4/c1-34-22(33)19(5-10-28-12-9-23(7-8-23)20(31)16-28)30-14-13-29(11-6-21(30)32)18-4-2-3-17(15-18)24(25,26)27/h2-4,15,19-20,31H,5-14,16H2,1H3/t19-,20+/m0/s1. The second-order valence-electron chi connectivity index (χ2n) is 9.63. The zero-order chi connectivity index (χ0) is 24.5. The number of alkyl halides is 3. The van der Waals surface area contributed by atoms with Gasteiger partial charge in [0.2, 0.25) is 5.91 Å². The van der Waals surface area contributed by atoms with Crippen LogP contribution in [0.5, 0.6) is 0 Å². The molecule has 0 bridgehead atoms. The molecule has 7 nitrogen and oxygen atoms in total. The number of anilines is 1. The Morgan fingerprint density at radius 3 is 2.62 bits per heavy atom. The number of hydrogen-bond acceptors (Lipinski definition) is 6. The van der Waals surface area contributed by atoms with E-state index in [1.54, 1.807) is 11.0 Å². The minimum atomic E-state index is -4.44. The molecule has 0 unspecified atom stereocenters. The van der Waals surface area contributed by atoms with Crippen molar-refractivity contribution >= 4 is 17.6 Å². The summed E-state index contributed by atoms with van der Waals surface area (Å²) in [6.07, 6.45) is -1.27. The number of hydrogen-bond donors (Lipinski definition) is 1. The Labute approximate surface area is 197 Å². The van der Waals surface area contributed by atoms with E-state index >= 15 is 0 Å². The molecule has 1 N–H and O–H groups in total. The third-order valence-corrected chi connectivity index (χ3v) is 7.59. The number of carbonyl (C=O) groups excluding carboxylic acids is 2. The molecule has 34 heavy (non-hydrogen) atoms. The van der Waals surface area contributed by atoms with Gasteiger partial charge in [-0.15, -0.1) is 0 Å². The summed E-state index contributed by atoms with van der Waals surface area (Å²) in [5, 5.41) is 10.5. The van der Waals surface area contributed by atoms with E-state index in [-0.39, 0.29) is 36.9 Å². The Bertz CT molecular complexity index is 906. The Balaban J connectivity index is 1.41. The van der Waals surface area contributed by atoms with Gasteiger partial charge in [-0.25, -0.2) is 4.79 Å². The van der Waals surface area contributed by atoms with Crippen LogP contribution in [-0.4, -0.2) is 85.3 Å². The lowest BCUT2D eigenvalue weighted by Crippen LogP contribution is -2.50. The molecule has 1 spiro atoms. The maximum Gasteiger partial charge on any atom is 0.416 e. The summed E-state index contributed by atoms with van der Waals surface area (Å²) in [7, 11) is 1.29. The summed E-state index contributed by atoms with van der Waals surface area (Å²) < 4.78 is 44.4. The van der Waals surface area contributed by atoms with E-state index in [2.05, 4.69) is 4.90 Å². The topological polar surface area (TPSA) is 73.3 Å². The van der Waals surface area contributed by atoms with E-state index in [1.165, 1.54) is 18.1 Å². The molecule has 188 valence electrons. The molecule has 1 saturated carbocycles. The summed E-state index contributed by atoms with van der Waals surface area (Å²) in [6, 6.07) is 4.30. The smallest absolute Gasteiger partial charge is 0.416 e. The zero-order valence-electron chi connectivity index (χ0n) is 19.4. The predicted molar refractivity (Wildman–Crippen MR) is 119 cm³/mol. The van der Waals surface area contributed by atoms with Gasteiger partial charge in [-0.3, -0.25) is 4.79 Å². The number of esters is 1. The van der Waals surface area contributed by atoms with E-state index in [1.807, 2.05) is 0 Å². The van der Waals surface area contributed by atoms with Gasteiger partial charge in [0.15, 0.2) is 0 Å². The monoisotopic (exact) mass is 483 g/mol. The van der Waals surface area contributed by atoms with Crippen LogP contribution >= 0.6 is 0 Å². The maximum absolute atomic E-state index is 13.1. The number of β-amino-alcohol motifs (C(OH)–C–C–N with tert-alkyl or cyclic N) is 1. The van der Waals surface area contributed by atoms with Gasteiger partial charge in [0, 0.05) is 44.8 Å². The number of rotatable bonds is 6. The fourth-order valence-electron chi connectivity index (χ4n) is 5.17. The van der Waals surface area contributed by atoms with Gasteiger partial charge >= 0.3 is 12.1 Å². The fraction of sp³-hybridized carbons (Fsp3) is 0.667. The quantitative estimate of drug-likeness (QED) is 0.627. The van der Waals surface area contributed by atoms with E-state index < -0.39 is 23.8 Å². The predicted octanol–water partition coefficient (Wildman–Crippen LogP) is 2.52. The van der Waals surface area contributed by atoms with Crippen molar-refractivity contribution in [3.63, 3.8) is 0 Å². The molecule has 2 heterocycles. The highest BCUT2D eigenvalue weighted by Gasteiger charge is 2.51. The Hall–Kier alpha value is -2.33.